The Morgan fingerprint density at radius 2 is 2.14 bits per heavy atom. The first kappa shape index (κ1) is 9.65. The first-order valence-electron chi connectivity index (χ1n) is 4.47. The molecule has 0 bridgehead atoms. The maximum absolute atomic E-state index is 10.8. The number of rotatable bonds is 2. The third kappa shape index (κ3) is 1.54. The van der Waals surface area contributed by atoms with E-state index in [1.54, 1.807) is 6.07 Å². The molecular formula is C10H10BrNO2. The highest BCUT2D eigenvalue weighted by atomic mass is 79.9. The van der Waals surface area contributed by atoms with Crippen LogP contribution < -0.4 is 0 Å². The maximum Gasteiger partial charge on any atom is 0.274 e. The molecule has 0 heterocycles. The van der Waals surface area contributed by atoms with E-state index in [9.17, 15) is 10.1 Å². The van der Waals surface area contributed by atoms with Gasteiger partial charge in [-0.15, -0.1) is 0 Å². The molecule has 1 aromatic carbocycles. The largest absolute Gasteiger partial charge is 0.274 e. The second-order valence-electron chi connectivity index (χ2n) is 3.98. The highest BCUT2D eigenvalue weighted by Crippen LogP contribution is 2.50. The summed E-state index contributed by atoms with van der Waals surface area (Å²) in [5, 5.41) is 10.8. The lowest BCUT2D eigenvalue weighted by molar-refractivity contribution is -0.385. The molecule has 0 atom stereocenters. The molecule has 1 aromatic rings. The zero-order valence-corrected chi connectivity index (χ0v) is 9.37. The molecule has 1 aliphatic rings. The van der Waals surface area contributed by atoms with Crippen LogP contribution in [0.15, 0.2) is 22.7 Å². The van der Waals surface area contributed by atoms with Crippen LogP contribution in [-0.4, -0.2) is 4.92 Å². The van der Waals surface area contributed by atoms with E-state index < -0.39 is 0 Å². The highest BCUT2D eigenvalue weighted by molar-refractivity contribution is 9.10. The summed E-state index contributed by atoms with van der Waals surface area (Å²) in [7, 11) is 0. The third-order valence-electron chi connectivity index (χ3n) is 2.81. The van der Waals surface area contributed by atoms with Crippen LogP contribution in [0.1, 0.15) is 25.3 Å². The van der Waals surface area contributed by atoms with Crippen molar-refractivity contribution in [2.45, 2.75) is 25.2 Å². The number of hydrogen-bond acceptors (Lipinski definition) is 2. The highest BCUT2D eigenvalue weighted by Gasteiger charge is 2.43. The summed E-state index contributed by atoms with van der Waals surface area (Å²) in [5.74, 6) is 0. The first-order valence-corrected chi connectivity index (χ1v) is 5.27. The van der Waals surface area contributed by atoms with Gasteiger partial charge in [-0.25, -0.2) is 0 Å². The smallest absolute Gasteiger partial charge is 0.258 e. The zero-order valence-electron chi connectivity index (χ0n) is 7.79. The number of nitro groups is 1. The maximum atomic E-state index is 10.8. The summed E-state index contributed by atoms with van der Waals surface area (Å²) in [6, 6.07) is 5.31. The van der Waals surface area contributed by atoms with Gasteiger partial charge in [-0.3, -0.25) is 10.1 Å². The molecule has 4 heteroatoms. The average Bonchev–Trinajstić information content (AvgIpc) is 2.84. The van der Waals surface area contributed by atoms with Crippen molar-refractivity contribution in [2.75, 3.05) is 0 Å². The van der Waals surface area contributed by atoms with Gasteiger partial charge in [-0.05, 0) is 24.3 Å². The molecule has 0 unspecified atom stereocenters. The Labute approximate surface area is 90.4 Å². The Kier molecular flexibility index (Phi) is 2.10. The Balaban J connectivity index is 2.54. The van der Waals surface area contributed by atoms with Gasteiger partial charge < -0.3 is 0 Å². The quantitative estimate of drug-likeness (QED) is 0.601. The third-order valence-corrected chi connectivity index (χ3v) is 3.30. The fourth-order valence-electron chi connectivity index (χ4n) is 1.62. The van der Waals surface area contributed by atoms with E-state index in [4.69, 9.17) is 0 Å². The van der Waals surface area contributed by atoms with Crippen LogP contribution in [0.4, 0.5) is 5.69 Å². The lowest BCUT2D eigenvalue weighted by Crippen LogP contribution is -2.04. The van der Waals surface area contributed by atoms with Gasteiger partial charge >= 0.3 is 0 Å². The number of hydrogen-bond donors (Lipinski definition) is 0. The normalized spacial score (nSPS) is 17.9. The molecule has 0 spiro atoms. The second-order valence-corrected chi connectivity index (χ2v) is 4.89. The van der Waals surface area contributed by atoms with Crippen LogP contribution in [0, 0.1) is 10.1 Å². The standard InChI is InChI=1S/C10H10BrNO2/c1-10(4-5-10)8-3-2-7(11)6-9(8)12(13)14/h2-3,6H,4-5H2,1H3. The summed E-state index contributed by atoms with van der Waals surface area (Å²) >= 11 is 3.25. The van der Waals surface area contributed by atoms with Crippen molar-refractivity contribution < 1.29 is 4.92 Å². The van der Waals surface area contributed by atoms with Gasteiger partial charge in [0.25, 0.3) is 5.69 Å². The number of benzene rings is 1. The minimum Gasteiger partial charge on any atom is -0.258 e. The van der Waals surface area contributed by atoms with Gasteiger partial charge in [0.1, 0.15) is 0 Å². The molecule has 74 valence electrons. The van der Waals surface area contributed by atoms with Crippen LogP contribution in [0.3, 0.4) is 0 Å². The summed E-state index contributed by atoms with van der Waals surface area (Å²) in [5.41, 5.74) is 1.15. The van der Waals surface area contributed by atoms with E-state index in [1.807, 2.05) is 12.1 Å². The predicted octanol–water partition coefficient (Wildman–Crippen LogP) is 3.41. The van der Waals surface area contributed by atoms with Crippen molar-refractivity contribution in [1.82, 2.24) is 0 Å². The van der Waals surface area contributed by atoms with Crippen molar-refractivity contribution in [3.63, 3.8) is 0 Å². The molecule has 1 fully saturated rings. The van der Waals surface area contributed by atoms with Gasteiger partial charge in [0.05, 0.1) is 4.92 Å². The van der Waals surface area contributed by atoms with Crippen molar-refractivity contribution in [3.05, 3.63) is 38.3 Å². The molecule has 14 heavy (non-hydrogen) atoms. The monoisotopic (exact) mass is 255 g/mol. The first-order chi connectivity index (χ1) is 6.53. The van der Waals surface area contributed by atoms with Crippen LogP contribution >= 0.6 is 15.9 Å². The fraction of sp³-hybridized carbons (Fsp3) is 0.400. The second kappa shape index (κ2) is 3.05. The molecule has 2 rings (SSSR count). The Morgan fingerprint density at radius 3 is 2.64 bits per heavy atom. The molecule has 0 N–H and O–H groups in total. The van der Waals surface area contributed by atoms with Crippen LogP contribution in [0.5, 0.6) is 0 Å². The lowest BCUT2D eigenvalue weighted by atomic mass is 9.97. The summed E-state index contributed by atoms with van der Waals surface area (Å²) in [4.78, 5) is 10.5. The van der Waals surface area contributed by atoms with Crippen LogP contribution in [0.25, 0.3) is 0 Å². The molecule has 3 nitrogen and oxygen atoms in total. The molecule has 0 aromatic heterocycles. The lowest BCUT2D eigenvalue weighted by Gasteiger charge is -2.09. The predicted molar refractivity (Wildman–Crippen MR) is 57.4 cm³/mol. The average molecular weight is 256 g/mol. The number of nitrogens with zero attached hydrogens (tertiary/aromatic N) is 1. The van der Waals surface area contributed by atoms with E-state index in [-0.39, 0.29) is 16.0 Å². The summed E-state index contributed by atoms with van der Waals surface area (Å²) in [6.45, 7) is 2.07. The van der Waals surface area contributed by atoms with Gasteiger partial charge in [0, 0.05) is 16.1 Å². The Bertz CT molecular complexity index is 399. The molecule has 1 aliphatic carbocycles. The minimum atomic E-state index is -0.302. The SMILES string of the molecule is CC1(c2ccc(Br)cc2[N+](=O)[O-])CC1. The number of halogens is 1. The Hall–Kier alpha value is -0.900. The minimum absolute atomic E-state index is 0.0447. The van der Waals surface area contributed by atoms with Crippen molar-refractivity contribution in [3.8, 4) is 0 Å². The summed E-state index contributed by atoms with van der Waals surface area (Å²) in [6.07, 6.45) is 2.10. The van der Waals surface area contributed by atoms with Gasteiger partial charge in [-0.1, -0.05) is 28.9 Å². The Morgan fingerprint density at radius 1 is 1.50 bits per heavy atom. The van der Waals surface area contributed by atoms with Crippen LogP contribution in [0.2, 0.25) is 0 Å². The van der Waals surface area contributed by atoms with Crippen molar-refractivity contribution >= 4 is 21.6 Å². The van der Waals surface area contributed by atoms with E-state index >= 15 is 0 Å². The van der Waals surface area contributed by atoms with E-state index in [0.29, 0.717) is 0 Å². The van der Waals surface area contributed by atoms with E-state index in [2.05, 4.69) is 22.9 Å². The van der Waals surface area contributed by atoms with Crippen molar-refractivity contribution in [1.29, 1.82) is 0 Å². The van der Waals surface area contributed by atoms with Crippen LogP contribution in [-0.2, 0) is 5.41 Å². The van der Waals surface area contributed by atoms with Gasteiger partial charge in [0.15, 0.2) is 0 Å². The van der Waals surface area contributed by atoms with Gasteiger partial charge in [0.2, 0.25) is 0 Å². The molecule has 0 amide bonds. The van der Waals surface area contributed by atoms with E-state index in [0.717, 1.165) is 22.9 Å². The molecule has 1 saturated carbocycles. The molecular weight excluding hydrogens is 246 g/mol. The molecule has 0 saturated heterocycles. The number of nitro benzene ring substituents is 1. The topological polar surface area (TPSA) is 43.1 Å². The molecule has 0 aliphatic heterocycles. The van der Waals surface area contributed by atoms with Gasteiger partial charge in [-0.2, -0.15) is 0 Å². The van der Waals surface area contributed by atoms with E-state index in [1.165, 1.54) is 0 Å². The van der Waals surface area contributed by atoms with Crippen molar-refractivity contribution in [2.24, 2.45) is 0 Å². The summed E-state index contributed by atoms with van der Waals surface area (Å²) < 4.78 is 0.761. The fourth-order valence-corrected chi connectivity index (χ4v) is 1.97. The zero-order chi connectivity index (χ0) is 10.3. The molecule has 0 radical (unpaired) electrons.